The summed E-state index contributed by atoms with van der Waals surface area (Å²) in [6.45, 7) is 2.94. The molecule has 1 fully saturated rings. The van der Waals surface area contributed by atoms with Crippen LogP contribution in [0.3, 0.4) is 0 Å². The van der Waals surface area contributed by atoms with Gasteiger partial charge >= 0.3 is 18.0 Å². The Kier molecular flexibility index (Phi) is 6.93. The van der Waals surface area contributed by atoms with Crippen LogP contribution in [0.25, 0.3) is 0 Å². The number of carbonyl (C=O) groups is 3. The molecule has 0 unspecified atom stereocenters. The zero-order valence-corrected chi connectivity index (χ0v) is 12.1. The van der Waals surface area contributed by atoms with Crippen molar-refractivity contribution >= 4 is 18.0 Å². The molecular formula is C13H22N2O6. The lowest BCUT2D eigenvalue weighted by Gasteiger charge is -2.33. The summed E-state index contributed by atoms with van der Waals surface area (Å²) >= 11 is 0. The van der Waals surface area contributed by atoms with Gasteiger partial charge in [0.05, 0.1) is 18.4 Å². The smallest absolute Gasteiger partial charge is 0.314 e. The van der Waals surface area contributed by atoms with Crippen molar-refractivity contribution in [1.82, 2.24) is 10.6 Å². The van der Waals surface area contributed by atoms with Crippen LogP contribution in [0.5, 0.6) is 0 Å². The maximum absolute atomic E-state index is 11.6. The van der Waals surface area contributed by atoms with E-state index in [4.69, 9.17) is 9.47 Å². The quantitative estimate of drug-likeness (QED) is 0.576. The van der Waals surface area contributed by atoms with E-state index in [0.717, 1.165) is 0 Å². The van der Waals surface area contributed by atoms with Gasteiger partial charge in [0.1, 0.15) is 0 Å². The molecule has 0 atom stereocenters. The molecule has 0 aromatic carbocycles. The second-order valence-electron chi connectivity index (χ2n) is 4.86. The number of aliphatic carboxylic acids is 1. The molecule has 0 radical (unpaired) electrons. The third kappa shape index (κ3) is 5.58. The van der Waals surface area contributed by atoms with Crippen molar-refractivity contribution in [1.29, 1.82) is 0 Å². The number of nitrogens with one attached hydrogen (secondary N) is 2. The van der Waals surface area contributed by atoms with Crippen molar-refractivity contribution in [3.8, 4) is 0 Å². The van der Waals surface area contributed by atoms with E-state index in [9.17, 15) is 19.5 Å². The third-order valence-corrected chi connectivity index (χ3v) is 3.41. The number of carbonyl (C=O) groups excluding carboxylic acids is 2. The van der Waals surface area contributed by atoms with Crippen LogP contribution in [0.2, 0.25) is 0 Å². The lowest BCUT2D eigenvalue weighted by atomic mass is 9.80. The Bertz CT molecular complexity index is 379. The Morgan fingerprint density at radius 3 is 2.48 bits per heavy atom. The molecule has 3 N–H and O–H groups in total. The highest BCUT2D eigenvalue weighted by molar-refractivity contribution is 5.78. The Morgan fingerprint density at radius 2 is 1.90 bits per heavy atom. The number of hydrogen-bond donors (Lipinski definition) is 3. The summed E-state index contributed by atoms with van der Waals surface area (Å²) < 4.78 is 9.88. The first-order valence-corrected chi connectivity index (χ1v) is 6.98. The second kappa shape index (κ2) is 8.46. The second-order valence-corrected chi connectivity index (χ2v) is 4.86. The van der Waals surface area contributed by atoms with Crippen LogP contribution < -0.4 is 10.6 Å². The summed E-state index contributed by atoms with van der Waals surface area (Å²) in [6, 6.07) is -0.494. The van der Waals surface area contributed by atoms with Crippen LogP contribution >= 0.6 is 0 Å². The molecular weight excluding hydrogens is 280 g/mol. The van der Waals surface area contributed by atoms with Gasteiger partial charge in [-0.3, -0.25) is 9.59 Å². The number of amides is 2. The van der Waals surface area contributed by atoms with E-state index < -0.39 is 17.4 Å². The van der Waals surface area contributed by atoms with E-state index in [1.165, 1.54) is 0 Å². The van der Waals surface area contributed by atoms with Crippen LogP contribution in [0.1, 0.15) is 26.2 Å². The van der Waals surface area contributed by atoms with Crippen LogP contribution in [-0.4, -0.2) is 56.0 Å². The topological polar surface area (TPSA) is 114 Å². The fourth-order valence-corrected chi connectivity index (χ4v) is 2.05. The summed E-state index contributed by atoms with van der Waals surface area (Å²) in [7, 11) is 0. The molecule has 8 nitrogen and oxygen atoms in total. The molecule has 0 saturated carbocycles. The maximum Gasteiger partial charge on any atom is 0.314 e. The summed E-state index contributed by atoms with van der Waals surface area (Å²) in [4.78, 5) is 34.1. The van der Waals surface area contributed by atoms with Gasteiger partial charge in [0.25, 0.3) is 0 Å². The fourth-order valence-electron chi connectivity index (χ4n) is 2.05. The molecule has 0 spiro atoms. The number of esters is 1. The van der Waals surface area contributed by atoms with Crippen molar-refractivity contribution in [2.24, 2.45) is 5.41 Å². The number of carboxylic acid groups (broad SMARTS) is 1. The van der Waals surface area contributed by atoms with E-state index in [1.54, 1.807) is 6.92 Å². The van der Waals surface area contributed by atoms with Crippen LogP contribution in [0, 0.1) is 5.41 Å². The van der Waals surface area contributed by atoms with Crippen molar-refractivity contribution in [2.45, 2.75) is 26.2 Å². The summed E-state index contributed by atoms with van der Waals surface area (Å²) in [5.41, 5.74) is -0.975. The van der Waals surface area contributed by atoms with Gasteiger partial charge in [0, 0.05) is 26.3 Å². The van der Waals surface area contributed by atoms with E-state index >= 15 is 0 Å². The molecule has 1 heterocycles. The normalized spacial score (nSPS) is 16.8. The molecule has 21 heavy (non-hydrogen) atoms. The van der Waals surface area contributed by atoms with Gasteiger partial charge in [0.15, 0.2) is 0 Å². The molecule has 0 aromatic rings. The van der Waals surface area contributed by atoms with Crippen molar-refractivity contribution in [3.05, 3.63) is 0 Å². The predicted molar refractivity (Wildman–Crippen MR) is 72.8 cm³/mol. The van der Waals surface area contributed by atoms with Crippen molar-refractivity contribution in [2.75, 3.05) is 32.9 Å². The molecule has 1 rings (SSSR count). The molecule has 1 aliphatic heterocycles. The van der Waals surface area contributed by atoms with Gasteiger partial charge in [-0.25, -0.2) is 4.79 Å². The zero-order chi connectivity index (χ0) is 15.7. The summed E-state index contributed by atoms with van der Waals surface area (Å²) in [5.74, 6) is -1.32. The highest BCUT2D eigenvalue weighted by atomic mass is 16.5. The van der Waals surface area contributed by atoms with Crippen LogP contribution in [0.4, 0.5) is 4.79 Å². The first-order chi connectivity index (χ1) is 10.00. The molecule has 0 aromatic heterocycles. The minimum Gasteiger partial charge on any atom is -0.481 e. The summed E-state index contributed by atoms with van der Waals surface area (Å²) in [6.07, 6.45) is 0.816. The van der Waals surface area contributed by atoms with E-state index in [0.29, 0.717) is 32.7 Å². The molecule has 2 amide bonds. The molecule has 1 saturated heterocycles. The predicted octanol–water partition coefficient (Wildman–Crippen LogP) is 0.120. The standard InChI is InChI=1S/C13H22N2O6/c1-2-21-10(16)3-6-14-12(19)15-9-13(11(17)18)4-7-20-8-5-13/h2-9H2,1H3,(H,17,18)(H2,14,15,19). The van der Waals surface area contributed by atoms with Gasteiger partial charge in [-0.2, -0.15) is 0 Å². The first-order valence-electron chi connectivity index (χ1n) is 6.98. The first kappa shape index (κ1) is 17.2. The summed E-state index contributed by atoms with van der Waals surface area (Å²) in [5, 5.41) is 14.4. The molecule has 0 bridgehead atoms. The highest BCUT2D eigenvalue weighted by Crippen LogP contribution is 2.29. The number of ether oxygens (including phenoxy) is 2. The van der Waals surface area contributed by atoms with Gasteiger partial charge in [-0.05, 0) is 19.8 Å². The molecule has 120 valence electrons. The third-order valence-electron chi connectivity index (χ3n) is 3.41. The number of carboxylic acids is 1. The Labute approximate surface area is 123 Å². The number of urea groups is 1. The van der Waals surface area contributed by atoms with Crippen molar-refractivity contribution < 1.29 is 29.0 Å². The van der Waals surface area contributed by atoms with Gasteiger partial charge in [-0.15, -0.1) is 0 Å². The SMILES string of the molecule is CCOC(=O)CCNC(=O)NCC1(C(=O)O)CCOCC1. The largest absolute Gasteiger partial charge is 0.481 e. The van der Waals surface area contributed by atoms with E-state index in [-0.39, 0.29) is 25.5 Å². The number of hydrogen-bond acceptors (Lipinski definition) is 5. The molecule has 8 heteroatoms. The minimum atomic E-state index is -0.975. The zero-order valence-electron chi connectivity index (χ0n) is 12.1. The molecule has 1 aliphatic rings. The maximum atomic E-state index is 11.6. The lowest BCUT2D eigenvalue weighted by Crippen LogP contribution is -2.49. The van der Waals surface area contributed by atoms with Crippen LogP contribution in [-0.2, 0) is 19.1 Å². The molecule has 0 aliphatic carbocycles. The minimum absolute atomic E-state index is 0.0386. The van der Waals surface area contributed by atoms with Gasteiger partial charge in [0.2, 0.25) is 0 Å². The highest BCUT2D eigenvalue weighted by Gasteiger charge is 2.40. The average molecular weight is 302 g/mol. The van der Waals surface area contributed by atoms with E-state index in [2.05, 4.69) is 10.6 Å². The Morgan fingerprint density at radius 1 is 1.24 bits per heavy atom. The Hall–Kier alpha value is -1.83. The average Bonchev–Trinajstić information content (AvgIpc) is 2.46. The Balaban J connectivity index is 2.30. The van der Waals surface area contributed by atoms with Crippen molar-refractivity contribution in [3.63, 3.8) is 0 Å². The number of rotatable bonds is 7. The fraction of sp³-hybridized carbons (Fsp3) is 0.769. The lowest BCUT2D eigenvalue weighted by molar-refractivity contribution is -0.154. The van der Waals surface area contributed by atoms with Gasteiger partial charge < -0.3 is 25.2 Å². The van der Waals surface area contributed by atoms with E-state index in [1.807, 2.05) is 0 Å². The van der Waals surface area contributed by atoms with Crippen LogP contribution in [0.15, 0.2) is 0 Å². The van der Waals surface area contributed by atoms with Gasteiger partial charge in [-0.1, -0.05) is 0 Å². The monoisotopic (exact) mass is 302 g/mol.